The predicted octanol–water partition coefficient (Wildman–Crippen LogP) is 3.64. The average molecular weight is 293 g/mol. The van der Waals surface area contributed by atoms with Crippen molar-refractivity contribution in [2.24, 2.45) is 0 Å². The second kappa shape index (κ2) is 5.86. The first-order valence-electron chi connectivity index (χ1n) is 7.18. The second-order valence-electron chi connectivity index (χ2n) is 5.40. The smallest absolute Gasteiger partial charge is 0.274 e. The normalized spacial score (nSPS) is 13.4. The molecule has 0 aliphatic heterocycles. The van der Waals surface area contributed by atoms with Gasteiger partial charge >= 0.3 is 0 Å². The topological polar surface area (TPSA) is 70.2 Å². The molecule has 0 amide bonds. The van der Waals surface area contributed by atoms with Crippen LogP contribution in [-0.2, 0) is 6.54 Å². The van der Waals surface area contributed by atoms with Crippen LogP contribution in [0, 0.1) is 21.4 Å². The molecule has 110 valence electrons. The van der Waals surface area contributed by atoms with E-state index in [1.165, 1.54) is 0 Å². The Hall–Kier alpha value is -2.87. The van der Waals surface area contributed by atoms with Crippen molar-refractivity contribution >= 4 is 11.4 Å². The number of hydrogen-bond acceptors (Lipinski definition) is 4. The quantitative estimate of drug-likeness (QED) is 0.623. The summed E-state index contributed by atoms with van der Waals surface area (Å²) in [6, 6.07) is 16.8. The van der Waals surface area contributed by atoms with Crippen LogP contribution in [0.15, 0.2) is 48.5 Å². The van der Waals surface area contributed by atoms with Crippen LogP contribution in [0.4, 0.5) is 11.4 Å². The van der Waals surface area contributed by atoms with Crippen molar-refractivity contribution in [2.75, 3.05) is 4.90 Å². The highest BCUT2D eigenvalue weighted by Crippen LogP contribution is 2.34. The highest BCUT2D eigenvalue weighted by atomic mass is 16.6. The van der Waals surface area contributed by atoms with Crippen molar-refractivity contribution in [2.45, 2.75) is 25.4 Å². The van der Waals surface area contributed by atoms with E-state index in [1.807, 2.05) is 18.2 Å². The monoisotopic (exact) mass is 293 g/mol. The molecule has 3 rings (SSSR count). The molecular formula is C17H15N3O2. The van der Waals surface area contributed by atoms with E-state index >= 15 is 0 Å². The van der Waals surface area contributed by atoms with Gasteiger partial charge in [-0.15, -0.1) is 0 Å². The van der Waals surface area contributed by atoms with Gasteiger partial charge in [-0.1, -0.05) is 18.2 Å². The molecular weight excluding hydrogens is 278 g/mol. The molecule has 2 aromatic carbocycles. The molecule has 1 fully saturated rings. The van der Waals surface area contributed by atoms with Crippen LogP contribution in [0.1, 0.15) is 24.0 Å². The summed E-state index contributed by atoms with van der Waals surface area (Å²) in [5.41, 5.74) is 2.48. The number of rotatable bonds is 5. The maximum absolute atomic E-state index is 11.2. The van der Waals surface area contributed by atoms with Crippen molar-refractivity contribution in [3.63, 3.8) is 0 Å². The number of nitrogens with zero attached hydrogens (tertiary/aromatic N) is 3. The summed E-state index contributed by atoms with van der Waals surface area (Å²) in [6.07, 6.45) is 2.20. The standard InChI is InChI=1S/C17H15N3O2/c18-11-13-5-7-15(8-6-13)19(16-9-10-16)12-14-3-1-2-4-17(14)20(21)22/h1-8,16H,9-10,12H2. The molecule has 0 spiro atoms. The Morgan fingerprint density at radius 2 is 1.86 bits per heavy atom. The SMILES string of the molecule is N#Cc1ccc(N(Cc2ccccc2[N+](=O)[O-])C2CC2)cc1. The van der Waals surface area contributed by atoms with Crippen molar-refractivity contribution in [1.29, 1.82) is 5.26 Å². The van der Waals surface area contributed by atoms with E-state index in [1.54, 1.807) is 30.3 Å². The van der Waals surface area contributed by atoms with Gasteiger partial charge in [0.05, 0.1) is 23.1 Å². The molecule has 0 saturated heterocycles. The minimum absolute atomic E-state index is 0.154. The number of hydrogen-bond donors (Lipinski definition) is 0. The molecule has 0 N–H and O–H groups in total. The highest BCUT2D eigenvalue weighted by molar-refractivity contribution is 5.53. The van der Waals surface area contributed by atoms with E-state index in [9.17, 15) is 10.1 Å². The minimum atomic E-state index is -0.334. The van der Waals surface area contributed by atoms with E-state index in [4.69, 9.17) is 5.26 Å². The van der Waals surface area contributed by atoms with Crippen molar-refractivity contribution in [1.82, 2.24) is 0 Å². The molecule has 0 aromatic heterocycles. The van der Waals surface area contributed by atoms with Gasteiger partial charge in [0, 0.05) is 23.4 Å². The molecule has 0 heterocycles. The summed E-state index contributed by atoms with van der Waals surface area (Å²) >= 11 is 0. The molecule has 22 heavy (non-hydrogen) atoms. The largest absolute Gasteiger partial charge is 0.364 e. The average Bonchev–Trinajstić information content (AvgIpc) is 3.38. The maximum Gasteiger partial charge on any atom is 0.274 e. The van der Waals surface area contributed by atoms with Gasteiger partial charge in [-0.3, -0.25) is 10.1 Å². The summed E-state index contributed by atoms with van der Waals surface area (Å²) in [6.45, 7) is 0.508. The van der Waals surface area contributed by atoms with Crippen molar-refractivity contribution < 1.29 is 4.92 Å². The third kappa shape index (κ3) is 2.91. The fourth-order valence-electron chi connectivity index (χ4n) is 2.55. The van der Waals surface area contributed by atoms with Gasteiger partial charge in [0.1, 0.15) is 0 Å². The van der Waals surface area contributed by atoms with Crippen LogP contribution < -0.4 is 4.90 Å². The zero-order chi connectivity index (χ0) is 15.5. The molecule has 1 saturated carbocycles. The van der Waals surface area contributed by atoms with Gasteiger partial charge in [0.15, 0.2) is 0 Å². The van der Waals surface area contributed by atoms with Gasteiger partial charge < -0.3 is 4.90 Å². The third-order valence-corrected chi connectivity index (χ3v) is 3.84. The molecule has 0 radical (unpaired) electrons. The Bertz CT molecular complexity index is 730. The molecule has 0 unspecified atom stereocenters. The Kier molecular flexibility index (Phi) is 3.75. The van der Waals surface area contributed by atoms with E-state index in [0.29, 0.717) is 23.7 Å². The van der Waals surface area contributed by atoms with Crippen LogP contribution >= 0.6 is 0 Å². The Labute approximate surface area is 128 Å². The Morgan fingerprint density at radius 1 is 1.18 bits per heavy atom. The first-order chi connectivity index (χ1) is 10.7. The number of anilines is 1. The highest BCUT2D eigenvalue weighted by Gasteiger charge is 2.30. The summed E-state index contributed by atoms with van der Waals surface area (Å²) in [5.74, 6) is 0. The number of nitro benzene ring substituents is 1. The molecule has 5 heteroatoms. The first-order valence-corrected chi connectivity index (χ1v) is 7.18. The van der Waals surface area contributed by atoms with E-state index in [2.05, 4.69) is 11.0 Å². The van der Waals surface area contributed by atoms with Crippen LogP contribution in [0.3, 0.4) is 0 Å². The lowest BCUT2D eigenvalue weighted by molar-refractivity contribution is -0.385. The number of nitro groups is 1. The maximum atomic E-state index is 11.2. The molecule has 5 nitrogen and oxygen atoms in total. The van der Waals surface area contributed by atoms with Gasteiger partial charge in [-0.25, -0.2) is 0 Å². The van der Waals surface area contributed by atoms with Gasteiger partial charge in [-0.05, 0) is 37.1 Å². The zero-order valence-electron chi connectivity index (χ0n) is 12.0. The Morgan fingerprint density at radius 3 is 2.45 bits per heavy atom. The minimum Gasteiger partial charge on any atom is -0.364 e. The van der Waals surface area contributed by atoms with E-state index < -0.39 is 0 Å². The fourth-order valence-corrected chi connectivity index (χ4v) is 2.55. The number of benzene rings is 2. The molecule has 1 aliphatic rings. The van der Waals surface area contributed by atoms with Crippen LogP contribution in [0.5, 0.6) is 0 Å². The van der Waals surface area contributed by atoms with Gasteiger partial charge in [-0.2, -0.15) is 5.26 Å². The van der Waals surface area contributed by atoms with Crippen LogP contribution in [-0.4, -0.2) is 11.0 Å². The lowest BCUT2D eigenvalue weighted by atomic mass is 10.1. The van der Waals surface area contributed by atoms with Crippen LogP contribution in [0.2, 0.25) is 0 Å². The summed E-state index contributed by atoms with van der Waals surface area (Å²) in [5, 5.41) is 20.0. The summed E-state index contributed by atoms with van der Waals surface area (Å²) in [4.78, 5) is 13.0. The summed E-state index contributed by atoms with van der Waals surface area (Å²) in [7, 11) is 0. The molecule has 0 atom stereocenters. The third-order valence-electron chi connectivity index (χ3n) is 3.84. The molecule has 2 aromatic rings. The molecule has 1 aliphatic carbocycles. The van der Waals surface area contributed by atoms with Crippen molar-refractivity contribution in [3.8, 4) is 6.07 Å². The zero-order valence-corrected chi connectivity index (χ0v) is 12.0. The number of nitriles is 1. The lowest BCUT2D eigenvalue weighted by Gasteiger charge is -2.24. The lowest BCUT2D eigenvalue weighted by Crippen LogP contribution is -2.25. The fraction of sp³-hybridized carbons (Fsp3) is 0.235. The van der Waals surface area contributed by atoms with E-state index in [0.717, 1.165) is 18.5 Å². The molecule has 0 bridgehead atoms. The summed E-state index contributed by atoms with van der Waals surface area (Å²) < 4.78 is 0. The van der Waals surface area contributed by atoms with Crippen molar-refractivity contribution in [3.05, 3.63) is 69.8 Å². The van der Waals surface area contributed by atoms with Crippen LogP contribution in [0.25, 0.3) is 0 Å². The second-order valence-corrected chi connectivity index (χ2v) is 5.40. The number of para-hydroxylation sites is 1. The van der Waals surface area contributed by atoms with E-state index in [-0.39, 0.29) is 10.6 Å². The van der Waals surface area contributed by atoms with Gasteiger partial charge in [0.25, 0.3) is 5.69 Å². The van der Waals surface area contributed by atoms with Gasteiger partial charge in [0.2, 0.25) is 0 Å². The first kappa shape index (κ1) is 14.1. The predicted molar refractivity (Wildman–Crippen MR) is 83.5 cm³/mol. The Balaban J connectivity index is 1.89.